The van der Waals surface area contributed by atoms with E-state index in [0.29, 0.717) is 0 Å². The van der Waals surface area contributed by atoms with E-state index in [-0.39, 0.29) is 6.04 Å². The number of hydrogen-bond donors (Lipinski definition) is 2. The van der Waals surface area contributed by atoms with Crippen LogP contribution in [0.2, 0.25) is 0 Å². The Hall–Kier alpha value is -1.26. The van der Waals surface area contributed by atoms with Crippen LogP contribution in [0.4, 0.5) is 5.69 Å². The summed E-state index contributed by atoms with van der Waals surface area (Å²) in [4.78, 5) is 2.38. The number of hydrogen-bond acceptors (Lipinski definition) is 4. The summed E-state index contributed by atoms with van der Waals surface area (Å²) in [7, 11) is 3.69. The molecule has 1 aliphatic heterocycles. The van der Waals surface area contributed by atoms with Gasteiger partial charge in [-0.05, 0) is 52.3 Å². The minimum Gasteiger partial charge on any atom is -0.496 e. The van der Waals surface area contributed by atoms with Gasteiger partial charge in [-0.25, -0.2) is 0 Å². The molecule has 1 heterocycles. The quantitative estimate of drug-likeness (QED) is 0.895. The highest BCUT2D eigenvalue weighted by Crippen LogP contribution is 2.36. The molecule has 2 rings (SSSR count). The molecule has 2 atom stereocenters. The number of anilines is 1. The molecule has 4 heteroatoms. The van der Waals surface area contributed by atoms with Crippen molar-refractivity contribution in [2.45, 2.75) is 44.8 Å². The van der Waals surface area contributed by atoms with Gasteiger partial charge in [-0.3, -0.25) is 0 Å². The summed E-state index contributed by atoms with van der Waals surface area (Å²) in [6.07, 6.45) is 2.68. The van der Waals surface area contributed by atoms with Crippen molar-refractivity contribution in [3.8, 4) is 5.75 Å². The first-order valence-corrected chi connectivity index (χ1v) is 7.80. The number of nitrogens with one attached hydrogen (secondary N) is 1. The first-order valence-electron chi connectivity index (χ1n) is 7.80. The third-order valence-corrected chi connectivity index (χ3v) is 4.53. The van der Waals surface area contributed by atoms with Gasteiger partial charge in [0.2, 0.25) is 0 Å². The first-order chi connectivity index (χ1) is 9.98. The fourth-order valence-corrected chi connectivity index (χ4v) is 3.07. The third kappa shape index (κ3) is 3.69. The Balaban J connectivity index is 2.34. The van der Waals surface area contributed by atoms with E-state index in [9.17, 15) is 5.11 Å². The molecule has 4 nitrogen and oxygen atoms in total. The molecule has 21 heavy (non-hydrogen) atoms. The molecule has 1 aromatic rings. The number of aliphatic hydroxyl groups is 1. The van der Waals surface area contributed by atoms with Gasteiger partial charge in [-0.2, -0.15) is 0 Å². The second-order valence-corrected chi connectivity index (χ2v) is 6.24. The molecule has 0 spiro atoms. The van der Waals surface area contributed by atoms with Crippen molar-refractivity contribution in [2.75, 3.05) is 32.1 Å². The van der Waals surface area contributed by atoms with Gasteiger partial charge in [0.15, 0.2) is 0 Å². The molecule has 0 radical (unpaired) electrons. The van der Waals surface area contributed by atoms with E-state index in [1.807, 2.05) is 26.1 Å². The number of methoxy groups -OCH3 is 1. The maximum atomic E-state index is 10.3. The summed E-state index contributed by atoms with van der Waals surface area (Å²) in [5.74, 6) is 0.922. The van der Waals surface area contributed by atoms with Crippen LogP contribution in [0, 0.1) is 0 Å². The van der Waals surface area contributed by atoms with Crippen LogP contribution >= 0.6 is 0 Å². The van der Waals surface area contributed by atoms with Crippen LogP contribution in [0.15, 0.2) is 18.2 Å². The minimum atomic E-state index is -0.539. The summed E-state index contributed by atoms with van der Waals surface area (Å²) in [6, 6.07) is 6.44. The molecule has 0 aliphatic carbocycles. The summed E-state index contributed by atoms with van der Waals surface area (Å²) in [6.45, 7) is 5.95. The van der Waals surface area contributed by atoms with Gasteiger partial charge in [0.25, 0.3) is 0 Å². The van der Waals surface area contributed by atoms with Crippen molar-refractivity contribution in [3.05, 3.63) is 23.8 Å². The molecule has 1 aromatic carbocycles. The Morgan fingerprint density at radius 3 is 2.76 bits per heavy atom. The molecular weight excluding hydrogens is 264 g/mol. The van der Waals surface area contributed by atoms with E-state index >= 15 is 0 Å². The smallest absolute Gasteiger partial charge is 0.125 e. The fraction of sp³-hybridized carbons (Fsp3) is 0.647. The highest BCUT2D eigenvalue weighted by Gasteiger charge is 2.27. The van der Waals surface area contributed by atoms with E-state index in [0.717, 1.165) is 38.1 Å². The Kier molecular flexibility index (Phi) is 5.12. The predicted molar refractivity (Wildman–Crippen MR) is 87.2 cm³/mol. The zero-order valence-electron chi connectivity index (χ0n) is 13.6. The SMILES string of the molecule is CNC(C)c1c(OC)cccc1N1CCCC(C)(O)CC1. The summed E-state index contributed by atoms with van der Waals surface area (Å²) in [5, 5.41) is 13.6. The number of nitrogens with zero attached hydrogens (tertiary/aromatic N) is 1. The van der Waals surface area contributed by atoms with Crippen LogP contribution in [-0.2, 0) is 0 Å². The Morgan fingerprint density at radius 2 is 2.10 bits per heavy atom. The van der Waals surface area contributed by atoms with Crippen LogP contribution in [0.3, 0.4) is 0 Å². The molecule has 1 fully saturated rings. The van der Waals surface area contributed by atoms with Crippen molar-refractivity contribution >= 4 is 5.69 Å². The molecule has 1 saturated heterocycles. The Bertz CT molecular complexity index is 474. The minimum absolute atomic E-state index is 0.222. The fourth-order valence-electron chi connectivity index (χ4n) is 3.07. The van der Waals surface area contributed by atoms with E-state index < -0.39 is 5.60 Å². The predicted octanol–water partition coefficient (Wildman–Crippen LogP) is 2.72. The summed E-state index contributed by atoms with van der Waals surface area (Å²) >= 11 is 0. The van der Waals surface area contributed by atoms with Crippen LogP contribution in [-0.4, -0.2) is 38.0 Å². The average Bonchev–Trinajstić information content (AvgIpc) is 2.66. The maximum Gasteiger partial charge on any atom is 0.125 e. The first kappa shape index (κ1) is 16.1. The maximum absolute atomic E-state index is 10.3. The van der Waals surface area contributed by atoms with Crippen LogP contribution in [0.5, 0.6) is 5.75 Å². The van der Waals surface area contributed by atoms with Gasteiger partial charge in [0.1, 0.15) is 5.75 Å². The molecule has 118 valence electrons. The lowest BCUT2D eigenvalue weighted by Gasteiger charge is -2.29. The Morgan fingerprint density at radius 1 is 1.33 bits per heavy atom. The van der Waals surface area contributed by atoms with E-state index in [4.69, 9.17) is 4.74 Å². The number of ether oxygens (including phenoxy) is 1. The molecule has 0 amide bonds. The second-order valence-electron chi connectivity index (χ2n) is 6.24. The Labute approximate surface area is 128 Å². The van der Waals surface area contributed by atoms with Gasteiger partial charge >= 0.3 is 0 Å². The van der Waals surface area contributed by atoms with E-state index in [1.54, 1.807) is 7.11 Å². The molecule has 2 N–H and O–H groups in total. The van der Waals surface area contributed by atoms with Crippen LogP contribution < -0.4 is 15.0 Å². The molecule has 2 unspecified atom stereocenters. The largest absolute Gasteiger partial charge is 0.496 e. The molecule has 0 bridgehead atoms. The van der Waals surface area contributed by atoms with Crippen molar-refractivity contribution in [1.82, 2.24) is 5.32 Å². The number of rotatable bonds is 4. The van der Waals surface area contributed by atoms with Crippen LogP contribution in [0.1, 0.15) is 44.7 Å². The van der Waals surface area contributed by atoms with E-state index in [1.165, 1.54) is 11.3 Å². The zero-order chi connectivity index (χ0) is 15.5. The lowest BCUT2D eigenvalue weighted by Crippen LogP contribution is -2.29. The van der Waals surface area contributed by atoms with Crippen molar-refractivity contribution in [1.29, 1.82) is 0 Å². The standard InChI is InChI=1S/C17H28N2O2/c1-13(18-3)16-14(7-5-8-15(16)21-4)19-11-6-9-17(2,20)10-12-19/h5,7-8,13,18,20H,6,9-12H2,1-4H3. The van der Waals surface area contributed by atoms with Crippen molar-refractivity contribution in [3.63, 3.8) is 0 Å². The van der Waals surface area contributed by atoms with Gasteiger partial charge in [-0.15, -0.1) is 0 Å². The second kappa shape index (κ2) is 6.67. The van der Waals surface area contributed by atoms with Gasteiger partial charge in [0.05, 0.1) is 12.7 Å². The van der Waals surface area contributed by atoms with Crippen molar-refractivity contribution < 1.29 is 9.84 Å². The van der Waals surface area contributed by atoms with Gasteiger partial charge in [0, 0.05) is 30.4 Å². The lowest BCUT2D eigenvalue weighted by atomic mass is 9.98. The average molecular weight is 292 g/mol. The van der Waals surface area contributed by atoms with Gasteiger partial charge < -0.3 is 20.1 Å². The zero-order valence-corrected chi connectivity index (χ0v) is 13.6. The normalized spacial score (nSPS) is 24.5. The molecule has 0 saturated carbocycles. The lowest BCUT2D eigenvalue weighted by molar-refractivity contribution is 0.0481. The summed E-state index contributed by atoms with van der Waals surface area (Å²) < 4.78 is 5.56. The molecular formula is C17H28N2O2. The molecule has 0 aromatic heterocycles. The van der Waals surface area contributed by atoms with Gasteiger partial charge in [-0.1, -0.05) is 6.07 Å². The monoisotopic (exact) mass is 292 g/mol. The highest BCUT2D eigenvalue weighted by atomic mass is 16.5. The summed E-state index contributed by atoms with van der Waals surface area (Å²) in [5.41, 5.74) is 1.88. The van der Waals surface area contributed by atoms with Crippen molar-refractivity contribution in [2.24, 2.45) is 0 Å². The van der Waals surface area contributed by atoms with Crippen LogP contribution in [0.25, 0.3) is 0 Å². The molecule has 1 aliphatic rings. The topological polar surface area (TPSA) is 44.7 Å². The third-order valence-electron chi connectivity index (χ3n) is 4.53. The van der Waals surface area contributed by atoms with E-state index in [2.05, 4.69) is 23.2 Å². The number of benzene rings is 1. The highest BCUT2D eigenvalue weighted by molar-refractivity contribution is 5.61.